The smallest absolute Gasteiger partial charge is 0.306 e. The molecule has 0 unspecified atom stereocenters. The van der Waals surface area contributed by atoms with Crippen LogP contribution in [0.5, 0.6) is 5.75 Å². The second-order valence-electron chi connectivity index (χ2n) is 7.46. The van der Waals surface area contributed by atoms with Gasteiger partial charge in [-0.25, -0.2) is 23.1 Å². The molecule has 10 nitrogen and oxygen atoms in total. The molecule has 12 heteroatoms. The average Bonchev–Trinajstić information content (AvgIpc) is 3.44. The maximum absolute atomic E-state index is 12.4. The van der Waals surface area contributed by atoms with Crippen LogP contribution in [0, 0.1) is 0 Å². The van der Waals surface area contributed by atoms with Crippen LogP contribution in [0.15, 0.2) is 82.6 Å². The predicted molar refractivity (Wildman–Crippen MR) is 131 cm³/mol. The molecule has 0 amide bonds. The van der Waals surface area contributed by atoms with Gasteiger partial charge in [-0.3, -0.25) is 4.40 Å². The molecule has 3 heterocycles. The van der Waals surface area contributed by atoms with Crippen LogP contribution in [0.1, 0.15) is 0 Å². The van der Waals surface area contributed by atoms with Crippen LogP contribution in [0.25, 0.3) is 28.5 Å². The van der Waals surface area contributed by atoms with Gasteiger partial charge in [0, 0.05) is 36.1 Å². The summed E-state index contributed by atoms with van der Waals surface area (Å²) in [7, 11) is -3.66. The number of nitrogens with one attached hydrogen (secondary N) is 2. The molecule has 0 bridgehead atoms. The van der Waals surface area contributed by atoms with Crippen molar-refractivity contribution in [2.24, 2.45) is 0 Å². The fraction of sp³-hybridized carbons (Fsp3) is 0.0870. The maximum Gasteiger partial charge on any atom is 0.306 e. The molecule has 0 aliphatic carbocycles. The van der Waals surface area contributed by atoms with E-state index >= 15 is 0 Å². The third-order valence-electron chi connectivity index (χ3n) is 5.10. The van der Waals surface area contributed by atoms with Crippen molar-refractivity contribution in [2.75, 3.05) is 18.4 Å². The standard InChI is InChI=1S/C23H19ClN6O4S/c24-16-4-6-18(7-5-16)35(32,33)27-11-10-26-22-25-9-8-19(28-22)21-20(15-2-1-3-17(31)14-15)29-23-30(21)12-13-34-23/h1-9,12-14,27,31H,10-11H2,(H,25,26,28). The van der Waals surface area contributed by atoms with Crippen LogP contribution >= 0.6 is 11.6 Å². The molecule has 0 atom stereocenters. The van der Waals surface area contributed by atoms with Crippen molar-refractivity contribution in [3.63, 3.8) is 0 Å². The lowest BCUT2D eigenvalue weighted by Crippen LogP contribution is -2.29. The van der Waals surface area contributed by atoms with Gasteiger partial charge in [-0.15, -0.1) is 0 Å². The van der Waals surface area contributed by atoms with Crippen molar-refractivity contribution < 1.29 is 17.9 Å². The Morgan fingerprint density at radius 2 is 1.89 bits per heavy atom. The van der Waals surface area contributed by atoms with E-state index in [1.165, 1.54) is 30.5 Å². The number of nitrogens with zero attached hydrogens (tertiary/aromatic N) is 4. The summed E-state index contributed by atoms with van der Waals surface area (Å²) >= 11 is 5.82. The number of phenolic OH excluding ortho intramolecular Hbond substituents is 1. The summed E-state index contributed by atoms with van der Waals surface area (Å²) in [5, 5.41) is 13.4. The molecule has 5 aromatic rings. The molecule has 0 saturated carbocycles. The molecular weight excluding hydrogens is 492 g/mol. The summed E-state index contributed by atoms with van der Waals surface area (Å²) in [4.78, 5) is 13.5. The van der Waals surface area contributed by atoms with Gasteiger partial charge in [-0.2, -0.15) is 4.98 Å². The van der Waals surface area contributed by atoms with Gasteiger partial charge < -0.3 is 14.8 Å². The number of fused-ring (bicyclic) bond motifs is 1. The third kappa shape index (κ3) is 4.83. The third-order valence-corrected chi connectivity index (χ3v) is 6.83. The summed E-state index contributed by atoms with van der Waals surface area (Å²) in [6.07, 6.45) is 4.84. The topological polar surface area (TPSA) is 135 Å². The first-order chi connectivity index (χ1) is 16.9. The zero-order valence-electron chi connectivity index (χ0n) is 18.1. The second-order valence-corrected chi connectivity index (χ2v) is 9.66. The number of halogens is 1. The van der Waals surface area contributed by atoms with Crippen LogP contribution in [0.2, 0.25) is 5.02 Å². The highest BCUT2D eigenvalue weighted by Crippen LogP contribution is 2.33. The molecule has 3 aromatic heterocycles. The Labute approximate surface area is 205 Å². The molecule has 0 spiro atoms. The Morgan fingerprint density at radius 1 is 1.06 bits per heavy atom. The highest BCUT2D eigenvalue weighted by Gasteiger charge is 2.20. The summed E-state index contributed by atoms with van der Waals surface area (Å²) in [5.74, 6) is 0.806. The molecule has 3 N–H and O–H groups in total. The predicted octanol–water partition coefficient (Wildman–Crippen LogP) is 3.80. The molecule has 0 radical (unpaired) electrons. The maximum atomic E-state index is 12.4. The zero-order valence-corrected chi connectivity index (χ0v) is 19.7. The summed E-state index contributed by atoms with van der Waals surface area (Å²) in [5.41, 5.74) is 2.51. The summed E-state index contributed by atoms with van der Waals surface area (Å²) < 4.78 is 34.6. The van der Waals surface area contributed by atoms with Crippen molar-refractivity contribution in [3.8, 4) is 28.4 Å². The molecule has 5 rings (SSSR count). The Morgan fingerprint density at radius 3 is 2.69 bits per heavy atom. The number of hydrogen-bond donors (Lipinski definition) is 3. The van der Waals surface area contributed by atoms with Gasteiger partial charge in [0.25, 0.3) is 0 Å². The number of imidazole rings is 1. The summed E-state index contributed by atoms with van der Waals surface area (Å²) in [6.45, 7) is 0.370. The van der Waals surface area contributed by atoms with Gasteiger partial charge in [0.1, 0.15) is 23.4 Å². The number of aromatic nitrogens is 4. The number of oxazole rings is 1. The molecule has 0 fully saturated rings. The fourth-order valence-electron chi connectivity index (χ4n) is 3.52. The van der Waals surface area contributed by atoms with Gasteiger partial charge >= 0.3 is 5.84 Å². The van der Waals surface area contributed by atoms with Gasteiger partial charge in [0.05, 0.1) is 10.6 Å². The number of hydrogen-bond acceptors (Lipinski definition) is 8. The van der Waals surface area contributed by atoms with E-state index in [0.29, 0.717) is 39.5 Å². The number of benzene rings is 2. The molecule has 178 valence electrons. The summed E-state index contributed by atoms with van der Waals surface area (Å²) in [6, 6.07) is 14.4. The van der Waals surface area contributed by atoms with E-state index in [-0.39, 0.29) is 23.7 Å². The lowest BCUT2D eigenvalue weighted by atomic mass is 10.1. The van der Waals surface area contributed by atoms with Crippen LogP contribution in [-0.4, -0.2) is 46.0 Å². The van der Waals surface area contributed by atoms with E-state index in [4.69, 9.17) is 16.0 Å². The van der Waals surface area contributed by atoms with Crippen molar-refractivity contribution in [3.05, 3.63) is 78.3 Å². The Kier molecular flexibility index (Phi) is 6.12. The molecule has 2 aromatic carbocycles. The Bertz CT molecular complexity index is 1600. The number of rotatable bonds is 8. The second kappa shape index (κ2) is 9.37. The van der Waals surface area contributed by atoms with Crippen molar-refractivity contribution in [1.82, 2.24) is 24.1 Å². The largest absolute Gasteiger partial charge is 0.508 e. The lowest BCUT2D eigenvalue weighted by Gasteiger charge is -2.09. The van der Waals surface area contributed by atoms with E-state index in [1.54, 1.807) is 41.1 Å². The monoisotopic (exact) mass is 510 g/mol. The molecule has 0 saturated heterocycles. The minimum absolute atomic E-state index is 0.115. The van der Waals surface area contributed by atoms with Crippen molar-refractivity contribution >= 4 is 33.4 Å². The van der Waals surface area contributed by atoms with Gasteiger partial charge in [-0.1, -0.05) is 23.7 Å². The Balaban J connectivity index is 1.34. The number of sulfonamides is 1. The Hall–Kier alpha value is -3.93. The van der Waals surface area contributed by atoms with Crippen molar-refractivity contribution in [2.45, 2.75) is 4.90 Å². The highest BCUT2D eigenvalue weighted by atomic mass is 35.5. The molecule has 0 aliphatic rings. The molecule has 35 heavy (non-hydrogen) atoms. The number of aromatic hydroxyl groups is 1. The molecular formula is C23H19ClN6O4S. The van der Waals surface area contributed by atoms with E-state index < -0.39 is 10.0 Å². The van der Waals surface area contributed by atoms with Crippen LogP contribution < -0.4 is 10.0 Å². The normalized spacial score (nSPS) is 11.7. The van der Waals surface area contributed by atoms with Gasteiger partial charge in [-0.05, 0) is 42.5 Å². The van der Waals surface area contributed by atoms with E-state index in [1.807, 2.05) is 6.07 Å². The fourth-order valence-corrected chi connectivity index (χ4v) is 4.68. The highest BCUT2D eigenvalue weighted by molar-refractivity contribution is 7.89. The molecule has 0 aliphatic heterocycles. The van der Waals surface area contributed by atoms with Crippen LogP contribution in [0.4, 0.5) is 5.95 Å². The lowest BCUT2D eigenvalue weighted by molar-refractivity contribution is 0.475. The first-order valence-electron chi connectivity index (χ1n) is 10.5. The first kappa shape index (κ1) is 22.8. The minimum atomic E-state index is -3.66. The SMILES string of the molecule is O=S(=O)(NCCNc1nccc(-c2c(-c3cccc(O)c3)nc3occn23)n1)c1ccc(Cl)cc1. The van der Waals surface area contributed by atoms with E-state index in [9.17, 15) is 13.5 Å². The van der Waals surface area contributed by atoms with Gasteiger partial charge in [0.2, 0.25) is 16.0 Å². The van der Waals surface area contributed by atoms with E-state index in [2.05, 4.69) is 25.0 Å². The van der Waals surface area contributed by atoms with Crippen LogP contribution in [-0.2, 0) is 10.0 Å². The average molecular weight is 511 g/mol. The van der Waals surface area contributed by atoms with Crippen LogP contribution in [0.3, 0.4) is 0 Å². The minimum Gasteiger partial charge on any atom is -0.508 e. The van der Waals surface area contributed by atoms with Crippen molar-refractivity contribution in [1.29, 1.82) is 0 Å². The number of phenols is 1. The number of anilines is 1. The van der Waals surface area contributed by atoms with Gasteiger partial charge in [0.15, 0.2) is 0 Å². The zero-order chi connectivity index (χ0) is 24.4. The van der Waals surface area contributed by atoms with E-state index in [0.717, 1.165) is 0 Å². The quantitative estimate of drug-likeness (QED) is 0.268. The first-order valence-corrected chi connectivity index (χ1v) is 12.3.